The first-order valence-corrected chi connectivity index (χ1v) is 11.2. The molecule has 0 aromatic carbocycles. The van der Waals surface area contributed by atoms with E-state index in [4.69, 9.17) is 9.57 Å². The number of rotatable bonds is 8. The number of carbonyl (C=O) groups excluding carboxylic acids is 1. The monoisotopic (exact) mass is 438 g/mol. The molecule has 170 valence electrons. The lowest BCUT2D eigenvalue weighted by Gasteiger charge is -2.33. The number of amides is 1. The summed E-state index contributed by atoms with van der Waals surface area (Å²) in [6, 6.07) is 6.34. The number of carbonyl (C=O) groups is 1. The van der Waals surface area contributed by atoms with Gasteiger partial charge in [-0.15, -0.1) is 0 Å². The summed E-state index contributed by atoms with van der Waals surface area (Å²) >= 11 is 0. The van der Waals surface area contributed by atoms with E-state index in [-0.39, 0.29) is 12.2 Å². The number of aromatic nitrogens is 3. The van der Waals surface area contributed by atoms with Crippen LogP contribution in [-0.2, 0) is 20.9 Å². The van der Waals surface area contributed by atoms with Gasteiger partial charge in [-0.1, -0.05) is 6.07 Å². The van der Waals surface area contributed by atoms with E-state index in [0.29, 0.717) is 18.3 Å². The molecule has 2 saturated heterocycles. The maximum absolute atomic E-state index is 11.9. The first-order chi connectivity index (χ1) is 15.7. The van der Waals surface area contributed by atoms with Crippen molar-refractivity contribution in [2.24, 2.45) is 0 Å². The van der Waals surface area contributed by atoms with Crippen LogP contribution < -0.4 is 10.8 Å². The summed E-state index contributed by atoms with van der Waals surface area (Å²) in [7, 11) is 0. The number of hydrogen-bond donors (Lipinski definition) is 2. The summed E-state index contributed by atoms with van der Waals surface area (Å²) in [5.41, 5.74) is 4.07. The molecular weight excluding hydrogens is 408 g/mol. The number of hydrogen-bond acceptors (Lipinski definition) is 8. The lowest BCUT2D eigenvalue weighted by molar-refractivity contribution is -0.198. The van der Waals surface area contributed by atoms with Crippen LogP contribution in [0.5, 0.6) is 0 Å². The van der Waals surface area contributed by atoms with Crippen molar-refractivity contribution in [3.8, 4) is 0 Å². The van der Waals surface area contributed by atoms with Crippen LogP contribution in [0.3, 0.4) is 0 Å². The van der Waals surface area contributed by atoms with Gasteiger partial charge in [-0.05, 0) is 50.4 Å². The van der Waals surface area contributed by atoms with E-state index in [0.717, 1.165) is 63.3 Å². The third-order valence-electron chi connectivity index (χ3n) is 5.48. The highest BCUT2D eigenvalue weighted by molar-refractivity contribution is 5.90. The summed E-state index contributed by atoms with van der Waals surface area (Å²) in [6.45, 7) is 3.52. The van der Waals surface area contributed by atoms with Crippen molar-refractivity contribution in [1.29, 1.82) is 0 Å². The lowest BCUT2D eigenvalue weighted by Crippen LogP contribution is -2.41. The van der Waals surface area contributed by atoms with Gasteiger partial charge in [0.2, 0.25) is 0 Å². The van der Waals surface area contributed by atoms with Crippen molar-refractivity contribution in [1.82, 2.24) is 25.3 Å². The third-order valence-corrected chi connectivity index (χ3v) is 5.48. The quantitative estimate of drug-likeness (QED) is 0.479. The molecule has 1 unspecified atom stereocenters. The SMILES string of the molecule is O=C(/C=C/c1cnc(N[C@@H]2CCCN(Cc3ccccn3)C2)cn1)NOC1CCCCO1. The van der Waals surface area contributed by atoms with E-state index in [9.17, 15) is 4.79 Å². The number of likely N-dealkylation sites (tertiary alicyclic amines) is 1. The van der Waals surface area contributed by atoms with Crippen molar-refractivity contribution >= 4 is 17.8 Å². The highest BCUT2D eigenvalue weighted by atomic mass is 16.8. The van der Waals surface area contributed by atoms with Gasteiger partial charge in [0.15, 0.2) is 6.29 Å². The average molecular weight is 439 g/mol. The predicted octanol–water partition coefficient (Wildman–Crippen LogP) is 2.54. The Hall–Kier alpha value is -2.88. The molecule has 9 nitrogen and oxygen atoms in total. The van der Waals surface area contributed by atoms with Crippen LogP contribution >= 0.6 is 0 Å². The largest absolute Gasteiger partial charge is 0.365 e. The number of anilines is 1. The summed E-state index contributed by atoms with van der Waals surface area (Å²) in [5, 5.41) is 3.47. The first kappa shape index (κ1) is 22.3. The van der Waals surface area contributed by atoms with E-state index >= 15 is 0 Å². The van der Waals surface area contributed by atoms with Crippen molar-refractivity contribution in [3.63, 3.8) is 0 Å². The Labute approximate surface area is 188 Å². The van der Waals surface area contributed by atoms with Crippen molar-refractivity contribution in [2.75, 3.05) is 25.0 Å². The van der Waals surface area contributed by atoms with Crippen molar-refractivity contribution in [2.45, 2.75) is 51.0 Å². The normalized spacial score (nSPS) is 22.0. The van der Waals surface area contributed by atoms with Gasteiger partial charge in [-0.25, -0.2) is 15.3 Å². The molecule has 9 heteroatoms. The van der Waals surface area contributed by atoms with Gasteiger partial charge in [-0.2, -0.15) is 0 Å². The number of hydroxylamine groups is 1. The molecule has 0 spiro atoms. The molecule has 0 bridgehead atoms. The summed E-state index contributed by atoms with van der Waals surface area (Å²) < 4.78 is 5.41. The van der Waals surface area contributed by atoms with E-state index in [1.807, 2.05) is 18.3 Å². The molecule has 2 aliphatic rings. The van der Waals surface area contributed by atoms with Gasteiger partial charge in [0.05, 0.1) is 23.8 Å². The summed E-state index contributed by atoms with van der Waals surface area (Å²) in [6.07, 6.45) is 12.8. The standard InChI is InChI=1S/C23H30N6O3/c30-22(28-32-23-8-2-4-13-31-23)10-9-18-14-26-21(15-25-18)27-20-7-5-12-29(17-20)16-19-6-1-3-11-24-19/h1,3,6,9-11,14-15,20,23H,2,4-5,7-8,12-13,16-17H2,(H,26,27)(H,28,30)/b10-9+/t20-,23?/m1/s1. The Bertz CT molecular complexity index is 871. The highest BCUT2D eigenvalue weighted by Gasteiger charge is 2.20. The zero-order valence-electron chi connectivity index (χ0n) is 18.2. The molecule has 4 heterocycles. The molecule has 2 aromatic heterocycles. The zero-order valence-corrected chi connectivity index (χ0v) is 18.2. The van der Waals surface area contributed by atoms with Crippen LogP contribution in [0.15, 0.2) is 42.9 Å². The molecule has 1 amide bonds. The topological polar surface area (TPSA) is 102 Å². The van der Waals surface area contributed by atoms with E-state index in [1.165, 1.54) is 6.08 Å². The predicted molar refractivity (Wildman–Crippen MR) is 120 cm³/mol. The van der Waals surface area contributed by atoms with Gasteiger partial charge in [0.1, 0.15) is 5.82 Å². The molecule has 2 fully saturated rings. The van der Waals surface area contributed by atoms with Crippen LogP contribution in [0.1, 0.15) is 43.5 Å². The average Bonchev–Trinajstić information content (AvgIpc) is 2.84. The molecule has 32 heavy (non-hydrogen) atoms. The highest BCUT2D eigenvalue weighted by Crippen LogP contribution is 2.16. The van der Waals surface area contributed by atoms with Gasteiger partial charge >= 0.3 is 0 Å². The lowest BCUT2D eigenvalue weighted by atomic mass is 10.1. The van der Waals surface area contributed by atoms with Crippen LogP contribution in [-0.4, -0.2) is 57.8 Å². The van der Waals surface area contributed by atoms with Crippen LogP contribution in [0.4, 0.5) is 5.82 Å². The van der Waals surface area contributed by atoms with Crippen molar-refractivity contribution < 1.29 is 14.4 Å². The number of nitrogens with zero attached hydrogens (tertiary/aromatic N) is 4. The van der Waals surface area contributed by atoms with E-state index < -0.39 is 0 Å². The second-order valence-corrected chi connectivity index (χ2v) is 8.08. The zero-order chi connectivity index (χ0) is 22.0. The Morgan fingerprint density at radius 3 is 2.94 bits per heavy atom. The van der Waals surface area contributed by atoms with Crippen LogP contribution in [0.25, 0.3) is 6.08 Å². The Balaban J connectivity index is 1.21. The molecule has 0 saturated carbocycles. The van der Waals surface area contributed by atoms with Crippen LogP contribution in [0.2, 0.25) is 0 Å². The van der Waals surface area contributed by atoms with E-state index in [2.05, 4.69) is 36.7 Å². The Morgan fingerprint density at radius 2 is 2.16 bits per heavy atom. The Morgan fingerprint density at radius 1 is 1.19 bits per heavy atom. The minimum Gasteiger partial charge on any atom is -0.365 e. The van der Waals surface area contributed by atoms with Gasteiger partial charge in [-0.3, -0.25) is 19.7 Å². The Kier molecular flexibility index (Phi) is 8.13. The molecule has 2 aliphatic heterocycles. The maximum Gasteiger partial charge on any atom is 0.267 e. The minimum absolute atomic E-state index is 0.313. The molecule has 0 radical (unpaired) electrons. The molecule has 2 aromatic rings. The molecule has 2 N–H and O–H groups in total. The molecular formula is C23H30N6O3. The maximum atomic E-state index is 11.9. The van der Waals surface area contributed by atoms with Gasteiger partial charge in [0, 0.05) is 44.4 Å². The fourth-order valence-corrected chi connectivity index (χ4v) is 3.87. The van der Waals surface area contributed by atoms with Gasteiger partial charge < -0.3 is 10.1 Å². The minimum atomic E-state index is -0.370. The van der Waals surface area contributed by atoms with Crippen molar-refractivity contribution in [3.05, 3.63) is 54.3 Å². The number of piperidine rings is 1. The second kappa shape index (κ2) is 11.7. The number of pyridine rings is 1. The fourth-order valence-electron chi connectivity index (χ4n) is 3.87. The first-order valence-electron chi connectivity index (χ1n) is 11.2. The van der Waals surface area contributed by atoms with E-state index in [1.54, 1.807) is 18.5 Å². The molecule has 4 rings (SSSR count). The summed E-state index contributed by atoms with van der Waals surface area (Å²) in [4.78, 5) is 32.8. The fraction of sp³-hybridized carbons (Fsp3) is 0.478. The second-order valence-electron chi connectivity index (χ2n) is 8.08. The third kappa shape index (κ3) is 7.08. The smallest absolute Gasteiger partial charge is 0.267 e. The van der Waals surface area contributed by atoms with Gasteiger partial charge in [0.25, 0.3) is 5.91 Å². The number of nitrogens with one attached hydrogen (secondary N) is 2. The molecule has 0 aliphatic carbocycles. The van der Waals surface area contributed by atoms with Crippen LogP contribution in [0, 0.1) is 0 Å². The number of ether oxygens (including phenoxy) is 1. The summed E-state index contributed by atoms with van der Waals surface area (Å²) in [5.74, 6) is 0.368. The molecule has 2 atom stereocenters.